The molecule has 0 radical (unpaired) electrons. The summed E-state index contributed by atoms with van der Waals surface area (Å²) in [7, 11) is 0. The topological polar surface area (TPSA) is 29.3 Å². The molecule has 0 aromatic heterocycles. The molecule has 0 amide bonds. The number of hydrogen-bond donors (Lipinski definition) is 1. The number of benzene rings is 1. The summed E-state index contributed by atoms with van der Waals surface area (Å²) in [4.78, 5) is 2.51. The second-order valence-corrected chi connectivity index (χ2v) is 6.96. The van der Waals surface area contributed by atoms with Gasteiger partial charge in [-0.05, 0) is 55.8 Å². The summed E-state index contributed by atoms with van der Waals surface area (Å²) in [6.45, 7) is 14.4. The van der Waals surface area contributed by atoms with Crippen LogP contribution in [0.2, 0.25) is 0 Å². The van der Waals surface area contributed by atoms with Gasteiger partial charge in [-0.15, -0.1) is 0 Å². The Morgan fingerprint density at radius 1 is 1.21 bits per heavy atom. The molecule has 2 heteroatoms. The average molecular weight is 260 g/mol. The molecule has 1 atom stereocenters. The minimum Gasteiger partial charge on any atom is -0.326 e. The molecule has 1 aliphatic heterocycles. The van der Waals surface area contributed by atoms with Crippen LogP contribution in [0, 0.1) is 26.2 Å². The van der Waals surface area contributed by atoms with Crippen LogP contribution in [-0.4, -0.2) is 24.0 Å². The largest absolute Gasteiger partial charge is 0.326 e. The second kappa shape index (κ2) is 5.26. The zero-order valence-electron chi connectivity index (χ0n) is 13.1. The van der Waals surface area contributed by atoms with E-state index in [4.69, 9.17) is 5.73 Å². The molecule has 1 unspecified atom stereocenters. The summed E-state index contributed by atoms with van der Waals surface area (Å²) in [5, 5.41) is 0. The number of rotatable bonds is 2. The highest BCUT2D eigenvalue weighted by molar-refractivity contribution is 5.37. The van der Waals surface area contributed by atoms with Crippen LogP contribution in [-0.2, 0) is 6.54 Å². The van der Waals surface area contributed by atoms with E-state index in [1.807, 2.05) is 0 Å². The zero-order valence-corrected chi connectivity index (χ0v) is 13.1. The van der Waals surface area contributed by atoms with Gasteiger partial charge in [0.25, 0.3) is 0 Å². The van der Waals surface area contributed by atoms with E-state index in [-0.39, 0.29) is 11.5 Å². The highest BCUT2D eigenvalue weighted by atomic mass is 15.1. The first-order valence-electron chi connectivity index (χ1n) is 7.34. The predicted octanol–water partition coefficient (Wildman–Crippen LogP) is 3.17. The zero-order chi connectivity index (χ0) is 14.2. The minimum absolute atomic E-state index is 0.285. The normalized spacial score (nSPS) is 23.6. The lowest BCUT2D eigenvalue weighted by atomic mass is 9.78. The molecule has 1 fully saturated rings. The van der Waals surface area contributed by atoms with Crippen molar-refractivity contribution in [2.24, 2.45) is 11.1 Å². The SMILES string of the molecule is Cc1cc(C)c(CN2CCC(C)(C)C(N)C2)c(C)c1. The van der Waals surface area contributed by atoms with Crippen LogP contribution in [0.1, 0.15) is 42.5 Å². The number of hydrogen-bond acceptors (Lipinski definition) is 2. The quantitative estimate of drug-likeness (QED) is 0.885. The molecule has 1 aliphatic rings. The number of likely N-dealkylation sites (tertiary alicyclic amines) is 1. The molecule has 0 bridgehead atoms. The van der Waals surface area contributed by atoms with Gasteiger partial charge in [-0.1, -0.05) is 31.5 Å². The molecule has 1 heterocycles. The maximum Gasteiger partial charge on any atom is 0.0239 e. The van der Waals surface area contributed by atoms with Crippen molar-refractivity contribution in [3.8, 4) is 0 Å². The van der Waals surface area contributed by atoms with Crippen LogP contribution in [0.15, 0.2) is 12.1 Å². The smallest absolute Gasteiger partial charge is 0.0239 e. The molecule has 0 saturated carbocycles. The Morgan fingerprint density at radius 3 is 2.32 bits per heavy atom. The highest BCUT2D eigenvalue weighted by Crippen LogP contribution is 2.30. The van der Waals surface area contributed by atoms with Gasteiger partial charge < -0.3 is 5.73 Å². The highest BCUT2D eigenvalue weighted by Gasteiger charge is 2.32. The molecule has 19 heavy (non-hydrogen) atoms. The Kier molecular flexibility index (Phi) is 4.03. The Labute approximate surface area is 118 Å². The van der Waals surface area contributed by atoms with E-state index in [1.165, 1.54) is 28.7 Å². The van der Waals surface area contributed by atoms with Crippen LogP contribution in [0.3, 0.4) is 0 Å². The number of nitrogens with two attached hydrogens (primary N) is 1. The van der Waals surface area contributed by atoms with E-state index < -0.39 is 0 Å². The van der Waals surface area contributed by atoms with Gasteiger partial charge in [0, 0.05) is 19.1 Å². The second-order valence-electron chi connectivity index (χ2n) is 6.96. The van der Waals surface area contributed by atoms with Gasteiger partial charge in [0.2, 0.25) is 0 Å². The number of piperidine rings is 1. The maximum atomic E-state index is 6.32. The monoisotopic (exact) mass is 260 g/mol. The first-order chi connectivity index (χ1) is 8.79. The van der Waals surface area contributed by atoms with Gasteiger partial charge in [-0.25, -0.2) is 0 Å². The van der Waals surface area contributed by atoms with Crippen LogP contribution in [0.4, 0.5) is 0 Å². The first kappa shape index (κ1) is 14.5. The van der Waals surface area contributed by atoms with Crippen LogP contribution < -0.4 is 5.73 Å². The van der Waals surface area contributed by atoms with Crippen LogP contribution in [0.25, 0.3) is 0 Å². The molecule has 106 valence electrons. The predicted molar refractivity (Wildman–Crippen MR) is 82.3 cm³/mol. The molecule has 1 aromatic rings. The molecule has 2 N–H and O–H groups in total. The third-order valence-electron chi connectivity index (χ3n) is 4.75. The fourth-order valence-electron chi connectivity index (χ4n) is 3.07. The molecular formula is C17H28N2. The van der Waals surface area contributed by atoms with Crippen LogP contribution in [0.5, 0.6) is 0 Å². The summed E-state index contributed by atoms with van der Waals surface area (Å²) < 4.78 is 0. The van der Waals surface area contributed by atoms with Gasteiger partial charge in [0.1, 0.15) is 0 Å². The molecule has 0 aliphatic carbocycles. The van der Waals surface area contributed by atoms with E-state index >= 15 is 0 Å². The first-order valence-corrected chi connectivity index (χ1v) is 7.34. The third-order valence-corrected chi connectivity index (χ3v) is 4.75. The van der Waals surface area contributed by atoms with Gasteiger partial charge in [-0.3, -0.25) is 4.90 Å². The van der Waals surface area contributed by atoms with Crippen molar-refractivity contribution in [2.75, 3.05) is 13.1 Å². The van der Waals surface area contributed by atoms with Gasteiger partial charge in [0.15, 0.2) is 0 Å². The molecule has 1 saturated heterocycles. The van der Waals surface area contributed by atoms with Gasteiger partial charge in [-0.2, -0.15) is 0 Å². The average Bonchev–Trinajstić information content (AvgIpc) is 2.28. The molecule has 2 rings (SSSR count). The third kappa shape index (κ3) is 3.18. The van der Waals surface area contributed by atoms with Crippen molar-refractivity contribution in [1.29, 1.82) is 0 Å². The lowest BCUT2D eigenvalue weighted by Crippen LogP contribution is -2.52. The number of nitrogens with zero attached hydrogens (tertiary/aromatic N) is 1. The number of aryl methyl sites for hydroxylation is 3. The maximum absolute atomic E-state index is 6.32. The van der Waals surface area contributed by atoms with E-state index in [9.17, 15) is 0 Å². The Morgan fingerprint density at radius 2 is 1.79 bits per heavy atom. The van der Waals surface area contributed by atoms with Gasteiger partial charge in [0.05, 0.1) is 0 Å². The van der Waals surface area contributed by atoms with Crippen molar-refractivity contribution in [2.45, 2.75) is 53.6 Å². The Hall–Kier alpha value is -0.860. The standard InChI is InChI=1S/C17H28N2/c1-12-8-13(2)15(14(3)9-12)10-19-7-6-17(4,5)16(18)11-19/h8-9,16H,6-7,10-11,18H2,1-5H3. The van der Waals surface area contributed by atoms with Crippen molar-refractivity contribution >= 4 is 0 Å². The minimum atomic E-state index is 0.285. The fourth-order valence-corrected chi connectivity index (χ4v) is 3.07. The van der Waals surface area contributed by atoms with Crippen molar-refractivity contribution < 1.29 is 0 Å². The summed E-state index contributed by atoms with van der Waals surface area (Å²) >= 11 is 0. The Balaban J connectivity index is 2.11. The summed E-state index contributed by atoms with van der Waals surface area (Å²) in [5.74, 6) is 0. The van der Waals surface area contributed by atoms with E-state index in [0.717, 1.165) is 19.6 Å². The van der Waals surface area contributed by atoms with E-state index in [0.29, 0.717) is 0 Å². The summed E-state index contributed by atoms with van der Waals surface area (Å²) in [6.07, 6.45) is 1.19. The lowest BCUT2D eigenvalue weighted by Gasteiger charge is -2.42. The van der Waals surface area contributed by atoms with Crippen molar-refractivity contribution in [1.82, 2.24) is 4.90 Å². The van der Waals surface area contributed by atoms with E-state index in [2.05, 4.69) is 51.7 Å². The molecular weight excluding hydrogens is 232 g/mol. The van der Waals surface area contributed by atoms with Crippen LogP contribution >= 0.6 is 0 Å². The van der Waals surface area contributed by atoms with Crippen molar-refractivity contribution in [3.63, 3.8) is 0 Å². The molecule has 1 aromatic carbocycles. The summed E-state index contributed by atoms with van der Waals surface area (Å²) in [5.41, 5.74) is 12.3. The lowest BCUT2D eigenvalue weighted by molar-refractivity contribution is 0.101. The summed E-state index contributed by atoms with van der Waals surface area (Å²) in [6, 6.07) is 4.86. The van der Waals surface area contributed by atoms with Gasteiger partial charge >= 0.3 is 0 Å². The van der Waals surface area contributed by atoms with E-state index in [1.54, 1.807) is 0 Å². The molecule has 0 spiro atoms. The fraction of sp³-hybridized carbons (Fsp3) is 0.647. The Bertz CT molecular complexity index is 439. The molecule has 2 nitrogen and oxygen atoms in total. The van der Waals surface area contributed by atoms with Crippen molar-refractivity contribution in [3.05, 3.63) is 34.4 Å².